The normalized spacial score (nSPS) is 19.4. The maximum atomic E-state index is 5.83. The number of hydrogen-bond donors (Lipinski definition) is 1. The first-order valence-corrected chi connectivity index (χ1v) is 7.04. The predicted molar refractivity (Wildman–Crippen MR) is 69.8 cm³/mol. The van der Waals surface area contributed by atoms with Crippen molar-refractivity contribution in [3.8, 4) is 0 Å². The van der Waals surface area contributed by atoms with Crippen LogP contribution in [0.15, 0.2) is 24.3 Å². The van der Waals surface area contributed by atoms with E-state index in [4.69, 9.17) is 10.5 Å². The van der Waals surface area contributed by atoms with Gasteiger partial charge in [-0.15, -0.1) is 0 Å². The third-order valence-electron chi connectivity index (χ3n) is 2.85. The molecular formula is C13H19NOS. The summed E-state index contributed by atoms with van der Waals surface area (Å²) in [7, 11) is 0. The van der Waals surface area contributed by atoms with E-state index in [0.717, 1.165) is 37.5 Å². The van der Waals surface area contributed by atoms with Crippen LogP contribution in [0.2, 0.25) is 0 Å². The predicted octanol–water partition coefficient (Wildman–Crippen LogP) is 2.38. The van der Waals surface area contributed by atoms with Crippen molar-refractivity contribution >= 4 is 11.8 Å². The molecule has 1 heterocycles. The van der Waals surface area contributed by atoms with E-state index in [2.05, 4.69) is 24.3 Å². The molecule has 2 nitrogen and oxygen atoms in total. The van der Waals surface area contributed by atoms with E-state index in [1.165, 1.54) is 11.1 Å². The van der Waals surface area contributed by atoms with Crippen molar-refractivity contribution < 1.29 is 4.74 Å². The highest BCUT2D eigenvalue weighted by atomic mass is 32.2. The van der Waals surface area contributed by atoms with E-state index in [1.54, 1.807) is 0 Å². The summed E-state index contributed by atoms with van der Waals surface area (Å²) in [6, 6.07) is 8.63. The van der Waals surface area contributed by atoms with Crippen molar-refractivity contribution in [2.45, 2.75) is 18.9 Å². The van der Waals surface area contributed by atoms with Gasteiger partial charge in [0, 0.05) is 5.75 Å². The fourth-order valence-corrected chi connectivity index (χ4v) is 3.02. The van der Waals surface area contributed by atoms with Crippen molar-refractivity contribution in [2.24, 2.45) is 5.73 Å². The van der Waals surface area contributed by atoms with Crippen LogP contribution in [0.4, 0.5) is 0 Å². The number of benzene rings is 1. The molecule has 0 aromatic heterocycles. The topological polar surface area (TPSA) is 35.2 Å². The van der Waals surface area contributed by atoms with Gasteiger partial charge in [0.2, 0.25) is 0 Å². The van der Waals surface area contributed by atoms with E-state index in [-0.39, 0.29) is 6.10 Å². The van der Waals surface area contributed by atoms with Gasteiger partial charge in [-0.05, 0) is 36.3 Å². The molecule has 0 spiro atoms. The maximum Gasteiger partial charge on any atom is 0.0918 e. The van der Waals surface area contributed by atoms with E-state index in [9.17, 15) is 0 Å². The van der Waals surface area contributed by atoms with Crippen LogP contribution in [0.1, 0.15) is 23.7 Å². The zero-order valence-electron chi connectivity index (χ0n) is 9.52. The standard InChI is InChI=1S/C13H19NOS/c14-7-3-9-16-10-13-12-5-2-1-4-11(12)6-8-15-13/h1-2,4-5,13H,3,6-10,14H2. The summed E-state index contributed by atoms with van der Waals surface area (Å²) < 4.78 is 5.83. The largest absolute Gasteiger partial charge is 0.372 e. The molecule has 1 aliphatic rings. The van der Waals surface area contributed by atoms with E-state index < -0.39 is 0 Å². The average Bonchev–Trinajstić information content (AvgIpc) is 2.35. The van der Waals surface area contributed by atoms with Crippen LogP contribution in [0.5, 0.6) is 0 Å². The van der Waals surface area contributed by atoms with Crippen LogP contribution in [-0.2, 0) is 11.2 Å². The molecule has 2 rings (SSSR count). The SMILES string of the molecule is NCCCSCC1OCCc2ccccc21. The molecule has 0 saturated carbocycles. The van der Waals surface area contributed by atoms with Crippen LogP contribution in [0, 0.1) is 0 Å². The zero-order chi connectivity index (χ0) is 11.2. The van der Waals surface area contributed by atoms with Gasteiger partial charge >= 0.3 is 0 Å². The van der Waals surface area contributed by atoms with Crippen molar-refractivity contribution in [3.63, 3.8) is 0 Å². The molecule has 0 amide bonds. The molecule has 0 bridgehead atoms. The van der Waals surface area contributed by atoms with Crippen LogP contribution < -0.4 is 5.73 Å². The number of thioether (sulfide) groups is 1. The minimum atomic E-state index is 0.285. The Balaban J connectivity index is 1.91. The van der Waals surface area contributed by atoms with Gasteiger partial charge in [-0.1, -0.05) is 24.3 Å². The van der Waals surface area contributed by atoms with Crippen molar-refractivity contribution in [1.82, 2.24) is 0 Å². The first-order valence-electron chi connectivity index (χ1n) is 5.89. The Hall–Kier alpha value is -0.510. The van der Waals surface area contributed by atoms with Gasteiger partial charge < -0.3 is 10.5 Å². The summed E-state index contributed by atoms with van der Waals surface area (Å²) in [6.07, 6.45) is 2.44. The van der Waals surface area contributed by atoms with Gasteiger partial charge in [-0.3, -0.25) is 0 Å². The van der Waals surface area contributed by atoms with Gasteiger partial charge in [0.05, 0.1) is 12.7 Å². The summed E-state index contributed by atoms with van der Waals surface area (Å²) in [5.74, 6) is 2.19. The second-order valence-electron chi connectivity index (χ2n) is 4.03. The van der Waals surface area contributed by atoms with Crippen molar-refractivity contribution in [2.75, 3.05) is 24.7 Å². The molecule has 0 saturated heterocycles. The Morgan fingerprint density at radius 1 is 1.38 bits per heavy atom. The van der Waals surface area contributed by atoms with Gasteiger partial charge in [0.1, 0.15) is 0 Å². The van der Waals surface area contributed by atoms with Crippen LogP contribution in [-0.4, -0.2) is 24.7 Å². The van der Waals surface area contributed by atoms with Crippen LogP contribution >= 0.6 is 11.8 Å². The lowest BCUT2D eigenvalue weighted by Gasteiger charge is -2.25. The molecule has 3 heteroatoms. The highest BCUT2D eigenvalue weighted by molar-refractivity contribution is 7.99. The molecule has 1 atom stereocenters. The molecule has 1 aromatic rings. The summed E-state index contributed by atoms with van der Waals surface area (Å²) >= 11 is 1.94. The Labute approximate surface area is 102 Å². The fourth-order valence-electron chi connectivity index (χ4n) is 1.99. The number of fused-ring (bicyclic) bond motifs is 1. The smallest absolute Gasteiger partial charge is 0.0918 e. The third-order valence-corrected chi connectivity index (χ3v) is 3.97. The molecule has 1 aliphatic heterocycles. The molecule has 1 unspecified atom stereocenters. The summed E-state index contributed by atoms with van der Waals surface area (Å²) in [5.41, 5.74) is 8.32. The Morgan fingerprint density at radius 2 is 2.25 bits per heavy atom. The first-order chi connectivity index (χ1) is 7.92. The number of hydrogen-bond acceptors (Lipinski definition) is 3. The summed E-state index contributed by atoms with van der Waals surface area (Å²) in [5, 5.41) is 0. The van der Waals surface area contributed by atoms with Gasteiger partial charge in [-0.25, -0.2) is 0 Å². The van der Waals surface area contributed by atoms with Crippen LogP contribution in [0.3, 0.4) is 0 Å². The van der Waals surface area contributed by atoms with E-state index in [1.807, 2.05) is 11.8 Å². The molecule has 1 aromatic carbocycles. The second kappa shape index (κ2) is 6.28. The maximum absolute atomic E-state index is 5.83. The third kappa shape index (κ3) is 3.00. The van der Waals surface area contributed by atoms with Gasteiger partial charge in [0.25, 0.3) is 0 Å². The lowest BCUT2D eigenvalue weighted by molar-refractivity contribution is 0.0588. The lowest BCUT2D eigenvalue weighted by Crippen LogP contribution is -2.18. The first kappa shape index (κ1) is 12.0. The van der Waals surface area contributed by atoms with Gasteiger partial charge in [-0.2, -0.15) is 11.8 Å². The van der Waals surface area contributed by atoms with Crippen molar-refractivity contribution in [3.05, 3.63) is 35.4 Å². The van der Waals surface area contributed by atoms with Crippen molar-refractivity contribution in [1.29, 1.82) is 0 Å². The van der Waals surface area contributed by atoms with Gasteiger partial charge in [0.15, 0.2) is 0 Å². The van der Waals surface area contributed by atoms with E-state index >= 15 is 0 Å². The molecule has 0 fully saturated rings. The van der Waals surface area contributed by atoms with Crippen LogP contribution in [0.25, 0.3) is 0 Å². The monoisotopic (exact) mass is 237 g/mol. The number of nitrogens with two attached hydrogens (primary N) is 1. The highest BCUT2D eigenvalue weighted by Crippen LogP contribution is 2.29. The average molecular weight is 237 g/mol. The molecule has 16 heavy (non-hydrogen) atoms. The lowest BCUT2D eigenvalue weighted by atomic mass is 9.99. The summed E-state index contributed by atoms with van der Waals surface area (Å²) in [6.45, 7) is 1.65. The van der Waals surface area contributed by atoms with E-state index in [0.29, 0.717) is 0 Å². The molecule has 88 valence electrons. The Bertz CT molecular complexity index is 329. The summed E-state index contributed by atoms with van der Waals surface area (Å²) in [4.78, 5) is 0. The Kier molecular flexibility index (Phi) is 4.69. The molecular weight excluding hydrogens is 218 g/mol. The molecule has 0 aliphatic carbocycles. The number of rotatable bonds is 5. The number of ether oxygens (including phenoxy) is 1. The zero-order valence-corrected chi connectivity index (χ0v) is 10.3. The fraction of sp³-hybridized carbons (Fsp3) is 0.538. The highest BCUT2D eigenvalue weighted by Gasteiger charge is 2.19. The minimum absolute atomic E-state index is 0.285. The second-order valence-corrected chi connectivity index (χ2v) is 5.18. The Morgan fingerprint density at radius 3 is 3.12 bits per heavy atom. The minimum Gasteiger partial charge on any atom is -0.372 e. The molecule has 0 radical (unpaired) electrons. The molecule has 2 N–H and O–H groups in total. The quantitative estimate of drug-likeness (QED) is 0.799.